The number of furan rings is 1. The van der Waals surface area contributed by atoms with E-state index in [9.17, 15) is 4.79 Å². The van der Waals surface area contributed by atoms with Gasteiger partial charge in [0.25, 0.3) is 0 Å². The van der Waals surface area contributed by atoms with Crippen molar-refractivity contribution in [2.45, 2.75) is 6.61 Å². The van der Waals surface area contributed by atoms with Crippen LogP contribution in [0, 0.1) is 0 Å². The van der Waals surface area contributed by atoms with Gasteiger partial charge in [0, 0.05) is 17.7 Å². The highest BCUT2D eigenvalue weighted by atomic mass is 79.9. The lowest BCUT2D eigenvalue weighted by atomic mass is 10.1. The number of nitrogens with zero attached hydrogens (tertiary/aromatic N) is 2. The molecule has 0 bridgehead atoms. The first-order valence-electron chi connectivity index (χ1n) is 8.70. The summed E-state index contributed by atoms with van der Waals surface area (Å²) in [5.74, 6) is 1.87. The molecule has 0 N–H and O–H groups in total. The Morgan fingerprint density at radius 3 is 2.79 bits per heavy atom. The summed E-state index contributed by atoms with van der Waals surface area (Å²) in [6.45, 7) is 0.310. The zero-order chi connectivity index (χ0) is 19.5. The van der Waals surface area contributed by atoms with Crippen LogP contribution < -0.4 is 4.74 Å². The van der Waals surface area contributed by atoms with Gasteiger partial charge in [0.05, 0.1) is 0 Å². The first-order chi connectivity index (χ1) is 13.6. The molecule has 5 nitrogen and oxygen atoms in total. The number of ether oxygens (including phenoxy) is 1. The molecule has 2 aromatic carbocycles. The molecule has 0 aliphatic heterocycles. The molecule has 0 spiro atoms. The van der Waals surface area contributed by atoms with E-state index in [1.807, 2.05) is 36.4 Å². The first kappa shape index (κ1) is 18.3. The number of ketones is 1. The van der Waals surface area contributed by atoms with Crippen molar-refractivity contribution in [3.05, 3.63) is 88.6 Å². The Labute approximate surface area is 170 Å². The van der Waals surface area contributed by atoms with Gasteiger partial charge in [0.1, 0.15) is 29.6 Å². The molecule has 0 saturated carbocycles. The van der Waals surface area contributed by atoms with Gasteiger partial charge in [-0.15, -0.1) is 0 Å². The molecular weight excluding hydrogens is 420 g/mol. The number of carbonyl (C=O) groups is 1. The van der Waals surface area contributed by atoms with Crippen LogP contribution in [0.2, 0.25) is 0 Å². The molecule has 28 heavy (non-hydrogen) atoms. The van der Waals surface area contributed by atoms with Crippen molar-refractivity contribution in [1.29, 1.82) is 0 Å². The summed E-state index contributed by atoms with van der Waals surface area (Å²) < 4.78 is 14.2. The first-order valence-corrected chi connectivity index (χ1v) is 9.49. The Balaban J connectivity index is 1.39. The van der Waals surface area contributed by atoms with Crippen LogP contribution >= 0.6 is 15.9 Å². The normalized spacial score (nSPS) is 11.4. The lowest BCUT2D eigenvalue weighted by Crippen LogP contribution is -1.97. The SMILES string of the molecule is Cn1ccc(C(=O)/C=C/c2ccc(COc3ccc4cc(Br)ccc4c3)o2)n1. The second kappa shape index (κ2) is 7.86. The summed E-state index contributed by atoms with van der Waals surface area (Å²) in [6, 6.07) is 17.4. The molecular formula is C22H17BrN2O3. The number of aryl methyl sites for hydroxylation is 1. The van der Waals surface area contributed by atoms with Crippen LogP contribution in [0.5, 0.6) is 5.75 Å². The second-order valence-electron chi connectivity index (χ2n) is 6.32. The van der Waals surface area contributed by atoms with E-state index in [0.29, 0.717) is 23.8 Å². The van der Waals surface area contributed by atoms with E-state index in [4.69, 9.17) is 9.15 Å². The minimum absolute atomic E-state index is 0.169. The molecule has 4 rings (SSSR count). The van der Waals surface area contributed by atoms with E-state index in [1.165, 1.54) is 6.08 Å². The van der Waals surface area contributed by atoms with Crippen molar-refractivity contribution in [1.82, 2.24) is 9.78 Å². The second-order valence-corrected chi connectivity index (χ2v) is 7.23. The Hall–Kier alpha value is -3.12. The number of carbonyl (C=O) groups excluding carboxylic acids is 1. The number of rotatable bonds is 6. The Morgan fingerprint density at radius 1 is 1.14 bits per heavy atom. The molecule has 0 aliphatic carbocycles. The van der Waals surface area contributed by atoms with E-state index in [0.717, 1.165) is 21.0 Å². The molecule has 0 fully saturated rings. The lowest BCUT2D eigenvalue weighted by molar-refractivity contribution is 0.104. The third kappa shape index (κ3) is 4.23. The van der Waals surface area contributed by atoms with Gasteiger partial charge >= 0.3 is 0 Å². The fourth-order valence-corrected chi connectivity index (χ4v) is 3.17. The lowest BCUT2D eigenvalue weighted by Gasteiger charge is -2.06. The monoisotopic (exact) mass is 436 g/mol. The predicted molar refractivity (Wildman–Crippen MR) is 111 cm³/mol. The maximum atomic E-state index is 12.0. The van der Waals surface area contributed by atoms with Gasteiger partial charge in [0.2, 0.25) is 5.78 Å². The summed E-state index contributed by atoms with van der Waals surface area (Å²) >= 11 is 3.48. The third-order valence-electron chi connectivity index (χ3n) is 4.20. The molecule has 0 unspecified atom stereocenters. The van der Waals surface area contributed by atoms with Gasteiger partial charge in [-0.2, -0.15) is 5.10 Å². The van der Waals surface area contributed by atoms with Gasteiger partial charge in [-0.1, -0.05) is 28.1 Å². The summed E-state index contributed by atoms with van der Waals surface area (Å²) in [4.78, 5) is 12.0. The van der Waals surface area contributed by atoms with E-state index in [2.05, 4.69) is 27.1 Å². The van der Waals surface area contributed by atoms with Crippen molar-refractivity contribution in [2.24, 2.45) is 7.05 Å². The topological polar surface area (TPSA) is 57.3 Å². The Kier molecular flexibility index (Phi) is 5.12. The van der Waals surface area contributed by atoms with Crippen LogP contribution in [-0.4, -0.2) is 15.6 Å². The maximum Gasteiger partial charge on any atom is 0.206 e. The molecule has 6 heteroatoms. The molecule has 0 radical (unpaired) electrons. The van der Waals surface area contributed by atoms with Crippen molar-refractivity contribution in [3.8, 4) is 5.75 Å². The van der Waals surface area contributed by atoms with Gasteiger partial charge in [0.15, 0.2) is 0 Å². The van der Waals surface area contributed by atoms with Crippen molar-refractivity contribution in [2.75, 3.05) is 0 Å². The smallest absolute Gasteiger partial charge is 0.206 e. The van der Waals surface area contributed by atoms with Crippen molar-refractivity contribution in [3.63, 3.8) is 0 Å². The molecule has 0 saturated heterocycles. The van der Waals surface area contributed by atoms with Crippen LogP contribution in [0.1, 0.15) is 22.0 Å². The van der Waals surface area contributed by atoms with E-state index >= 15 is 0 Å². The van der Waals surface area contributed by atoms with Crippen molar-refractivity contribution < 1.29 is 13.9 Å². The number of aromatic nitrogens is 2. The van der Waals surface area contributed by atoms with Crippen LogP contribution in [0.4, 0.5) is 0 Å². The zero-order valence-corrected chi connectivity index (χ0v) is 16.7. The number of hydrogen-bond donors (Lipinski definition) is 0. The third-order valence-corrected chi connectivity index (χ3v) is 4.70. The average molecular weight is 437 g/mol. The van der Waals surface area contributed by atoms with E-state index < -0.39 is 0 Å². The summed E-state index contributed by atoms with van der Waals surface area (Å²) in [5.41, 5.74) is 0.400. The minimum atomic E-state index is -0.169. The quantitative estimate of drug-likeness (QED) is 0.299. The maximum absolute atomic E-state index is 12.0. The van der Waals surface area contributed by atoms with Gasteiger partial charge in [-0.25, -0.2) is 0 Å². The number of allylic oxidation sites excluding steroid dienone is 1. The van der Waals surface area contributed by atoms with Crippen LogP contribution in [-0.2, 0) is 13.7 Å². The molecule has 0 atom stereocenters. The average Bonchev–Trinajstić information content (AvgIpc) is 3.33. The highest BCUT2D eigenvalue weighted by Gasteiger charge is 2.06. The fraction of sp³-hybridized carbons (Fsp3) is 0.0909. The zero-order valence-electron chi connectivity index (χ0n) is 15.1. The number of benzene rings is 2. The molecule has 0 aliphatic rings. The molecule has 2 aromatic heterocycles. The molecule has 140 valence electrons. The summed E-state index contributed by atoms with van der Waals surface area (Å²) in [7, 11) is 1.77. The number of hydrogen-bond acceptors (Lipinski definition) is 4. The summed E-state index contributed by atoms with van der Waals surface area (Å²) in [5, 5.41) is 6.33. The molecule has 4 aromatic rings. The number of halogens is 1. The molecule has 2 heterocycles. The van der Waals surface area contributed by atoms with Gasteiger partial charge in [-0.05, 0) is 65.4 Å². The van der Waals surface area contributed by atoms with Crippen LogP contribution in [0.15, 0.2) is 75.8 Å². The van der Waals surface area contributed by atoms with E-state index in [-0.39, 0.29) is 5.78 Å². The standard InChI is InChI=1S/C22H17BrN2O3/c1-25-11-10-21(24-25)22(26)9-8-18-6-7-20(28-18)14-27-19-5-3-15-12-17(23)4-2-16(15)13-19/h2-13H,14H2,1H3/b9-8+. The van der Waals surface area contributed by atoms with Crippen LogP contribution in [0.3, 0.4) is 0 Å². The Bertz CT molecular complexity index is 1170. The number of fused-ring (bicyclic) bond motifs is 1. The minimum Gasteiger partial charge on any atom is -0.486 e. The highest BCUT2D eigenvalue weighted by Crippen LogP contribution is 2.25. The van der Waals surface area contributed by atoms with Gasteiger partial charge < -0.3 is 9.15 Å². The Morgan fingerprint density at radius 2 is 1.96 bits per heavy atom. The highest BCUT2D eigenvalue weighted by molar-refractivity contribution is 9.10. The van der Waals surface area contributed by atoms with Gasteiger partial charge in [-0.3, -0.25) is 9.48 Å². The van der Waals surface area contributed by atoms with E-state index in [1.54, 1.807) is 36.1 Å². The fourth-order valence-electron chi connectivity index (χ4n) is 2.79. The van der Waals surface area contributed by atoms with Crippen LogP contribution in [0.25, 0.3) is 16.8 Å². The molecule has 0 amide bonds. The predicted octanol–water partition coefficient (Wildman–Crippen LogP) is 5.40. The summed E-state index contributed by atoms with van der Waals surface area (Å²) in [6.07, 6.45) is 4.82. The largest absolute Gasteiger partial charge is 0.486 e. The van der Waals surface area contributed by atoms with Crippen molar-refractivity contribution >= 4 is 38.6 Å².